The van der Waals surface area contributed by atoms with Crippen molar-refractivity contribution in [1.29, 1.82) is 0 Å². The quantitative estimate of drug-likeness (QED) is 0.802. The Balaban J connectivity index is 2.79. The average molecular weight is 303 g/mol. The summed E-state index contributed by atoms with van der Waals surface area (Å²) in [5, 5.41) is 7.99. The zero-order valence-corrected chi connectivity index (χ0v) is 12.9. The van der Waals surface area contributed by atoms with Crippen molar-refractivity contribution in [2.24, 2.45) is 5.14 Å². The lowest BCUT2D eigenvalue weighted by molar-refractivity contribution is 0.294. The van der Waals surface area contributed by atoms with Crippen LogP contribution in [0.4, 0.5) is 10.1 Å². The highest BCUT2D eigenvalue weighted by Gasteiger charge is 2.13. The first-order valence-corrected chi connectivity index (χ1v) is 8.13. The van der Waals surface area contributed by atoms with Gasteiger partial charge in [-0.25, -0.2) is 17.9 Å². The number of anilines is 1. The van der Waals surface area contributed by atoms with Crippen molar-refractivity contribution in [2.45, 2.75) is 31.7 Å². The Hall–Kier alpha value is -1.18. The molecule has 1 aromatic rings. The molecule has 0 aliphatic heterocycles. The molecule has 0 aliphatic carbocycles. The summed E-state index contributed by atoms with van der Waals surface area (Å²) in [5.41, 5.74) is 0.275. The van der Waals surface area contributed by atoms with E-state index < -0.39 is 15.8 Å². The molecule has 1 unspecified atom stereocenters. The molecule has 0 amide bonds. The SMILES string of the molecule is CCN(CC)CC(C)Nc1ccc(S(N)(=O)=O)cc1F. The van der Waals surface area contributed by atoms with Crippen molar-refractivity contribution in [1.82, 2.24) is 4.90 Å². The predicted molar refractivity (Wildman–Crippen MR) is 78.6 cm³/mol. The van der Waals surface area contributed by atoms with Gasteiger partial charge in [0.1, 0.15) is 5.82 Å². The topological polar surface area (TPSA) is 75.4 Å². The number of benzene rings is 1. The molecule has 0 aliphatic rings. The molecule has 0 aromatic heterocycles. The van der Waals surface area contributed by atoms with Crippen LogP contribution in [0.2, 0.25) is 0 Å². The molecule has 0 heterocycles. The number of primary sulfonamides is 1. The molecule has 0 bridgehead atoms. The Morgan fingerprint density at radius 2 is 1.95 bits per heavy atom. The minimum atomic E-state index is -3.87. The van der Waals surface area contributed by atoms with Gasteiger partial charge in [0, 0.05) is 12.6 Å². The van der Waals surface area contributed by atoms with Crippen molar-refractivity contribution in [2.75, 3.05) is 25.0 Å². The third-order valence-electron chi connectivity index (χ3n) is 3.10. The Kier molecular flexibility index (Phi) is 5.91. The van der Waals surface area contributed by atoms with Crippen LogP contribution in [0.5, 0.6) is 0 Å². The van der Waals surface area contributed by atoms with E-state index in [-0.39, 0.29) is 16.6 Å². The van der Waals surface area contributed by atoms with Crippen molar-refractivity contribution in [3.8, 4) is 0 Å². The van der Waals surface area contributed by atoms with Crippen molar-refractivity contribution in [3.63, 3.8) is 0 Å². The fourth-order valence-corrected chi connectivity index (χ4v) is 2.50. The maximum Gasteiger partial charge on any atom is 0.238 e. The molecule has 7 heteroatoms. The second-order valence-corrected chi connectivity index (χ2v) is 6.28. The monoisotopic (exact) mass is 303 g/mol. The molecule has 0 spiro atoms. The highest BCUT2D eigenvalue weighted by molar-refractivity contribution is 7.89. The van der Waals surface area contributed by atoms with Crippen LogP contribution in [0, 0.1) is 5.82 Å². The van der Waals surface area contributed by atoms with E-state index in [4.69, 9.17) is 5.14 Å². The number of hydrogen-bond donors (Lipinski definition) is 2. The number of rotatable bonds is 7. The summed E-state index contributed by atoms with van der Waals surface area (Å²) >= 11 is 0. The van der Waals surface area contributed by atoms with Crippen LogP contribution in [-0.4, -0.2) is 39.0 Å². The zero-order chi connectivity index (χ0) is 15.3. The van der Waals surface area contributed by atoms with Gasteiger partial charge in [-0.15, -0.1) is 0 Å². The Labute approximate surface area is 120 Å². The molecule has 0 radical (unpaired) electrons. The smallest absolute Gasteiger partial charge is 0.238 e. The molecular formula is C13H22FN3O2S. The van der Waals surface area contributed by atoms with Gasteiger partial charge in [-0.2, -0.15) is 0 Å². The van der Waals surface area contributed by atoms with E-state index in [1.807, 2.05) is 6.92 Å². The lowest BCUT2D eigenvalue weighted by atomic mass is 10.2. The summed E-state index contributed by atoms with van der Waals surface area (Å²) in [6, 6.07) is 3.67. The molecule has 20 heavy (non-hydrogen) atoms. The van der Waals surface area contributed by atoms with Gasteiger partial charge in [0.2, 0.25) is 10.0 Å². The fourth-order valence-electron chi connectivity index (χ4n) is 1.97. The Bertz CT molecular complexity index is 545. The lowest BCUT2D eigenvalue weighted by Gasteiger charge is -2.24. The molecule has 1 rings (SSSR count). The maximum absolute atomic E-state index is 13.8. The van der Waals surface area contributed by atoms with Crippen molar-refractivity contribution < 1.29 is 12.8 Å². The van der Waals surface area contributed by atoms with Crippen LogP contribution in [0.15, 0.2) is 23.1 Å². The number of likely N-dealkylation sites (N-methyl/N-ethyl adjacent to an activating group) is 1. The number of nitrogens with zero attached hydrogens (tertiary/aromatic N) is 1. The van der Waals surface area contributed by atoms with Gasteiger partial charge in [0.25, 0.3) is 0 Å². The van der Waals surface area contributed by atoms with Crippen LogP contribution in [0.25, 0.3) is 0 Å². The number of sulfonamides is 1. The highest BCUT2D eigenvalue weighted by atomic mass is 32.2. The van der Waals surface area contributed by atoms with E-state index in [1.165, 1.54) is 12.1 Å². The predicted octanol–water partition coefficient (Wildman–Crippen LogP) is 1.62. The molecule has 1 aromatic carbocycles. The highest BCUT2D eigenvalue weighted by Crippen LogP contribution is 2.19. The third kappa shape index (κ3) is 4.73. The molecule has 3 N–H and O–H groups in total. The van der Waals surface area contributed by atoms with E-state index >= 15 is 0 Å². The molecular weight excluding hydrogens is 281 g/mol. The van der Waals surface area contributed by atoms with Crippen molar-refractivity contribution >= 4 is 15.7 Å². The average Bonchev–Trinajstić information content (AvgIpc) is 2.37. The molecule has 0 fully saturated rings. The van der Waals surface area contributed by atoms with E-state index in [1.54, 1.807) is 0 Å². The van der Waals surface area contributed by atoms with Crippen LogP contribution >= 0.6 is 0 Å². The summed E-state index contributed by atoms with van der Waals surface area (Å²) in [4.78, 5) is 1.99. The largest absolute Gasteiger partial charge is 0.379 e. The molecule has 114 valence electrons. The van der Waals surface area contributed by atoms with Gasteiger partial charge in [0.05, 0.1) is 10.6 Å². The zero-order valence-electron chi connectivity index (χ0n) is 12.1. The first-order valence-electron chi connectivity index (χ1n) is 6.59. The normalized spacial score (nSPS) is 13.5. The van der Waals surface area contributed by atoms with Gasteiger partial charge in [-0.3, -0.25) is 0 Å². The maximum atomic E-state index is 13.8. The number of nitrogens with two attached hydrogens (primary N) is 1. The van der Waals surface area contributed by atoms with Gasteiger partial charge < -0.3 is 10.2 Å². The Morgan fingerprint density at radius 3 is 2.40 bits per heavy atom. The summed E-state index contributed by atoms with van der Waals surface area (Å²) in [7, 11) is -3.87. The van der Waals surface area contributed by atoms with Crippen LogP contribution < -0.4 is 10.5 Å². The van der Waals surface area contributed by atoms with E-state index in [9.17, 15) is 12.8 Å². The lowest BCUT2D eigenvalue weighted by Crippen LogP contribution is -2.34. The van der Waals surface area contributed by atoms with Crippen LogP contribution in [0.1, 0.15) is 20.8 Å². The fraction of sp³-hybridized carbons (Fsp3) is 0.538. The van der Waals surface area contributed by atoms with Crippen LogP contribution in [0.3, 0.4) is 0 Å². The number of nitrogens with one attached hydrogen (secondary N) is 1. The number of halogens is 1. The van der Waals surface area contributed by atoms with Gasteiger partial charge in [-0.1, -0.05) is 13.8 Å². The molecule has 0 saturated carbocycles. The summed E-state index contributed by atoms with van der Waals surface area (Å²) < 4.78 is 36.1. The summed E-state index contributed by atoms with van der Waals surface area (Å²) in [6.45, 7) is 8.72. The van der Waals surface area contributed by atoms with Crippen LogP contribution in [-0.2, 0) is 10.0 Å². The van der Waals surface area contributed by atoms with Crippen molar-refractivity contribution in [3.05, 3.63) is 24.0 Å². The molecule has 0 saturated heterocycles. The third-order valence-corrected chi connectivity index (χ3v) is 4.01. The first-order chi connectivity index (χ1) is 9.27. The summed E-state index contributed by atoms with van der Waals surface area (Å²) in [5.74, 6) is -0.622. The van der Waals surface area contributed by atoms with Gasteiger partial charge in [0.15, 0.2) is 0 Å². The molecule has 5 nitrogen and oxygen atoms in total. The van der Waals surface area contributed by atoms with E-state index in [0.29, 0.717) is 0 Å². The van der Waals surface area contributed by atoms with E-state index in [2.05, 4.69) is 24.1 Å². The minimum absolute atomic E-state index is 0.0460. The molecule has 1 atom stereocenters. The second-order valence-electron chi connectivity index (χ2n) is 4.72. The summed E-state index contributed by atoms with van der Waals surface area (Å²) in [6.07, 6.45) is 0. The standard InChI is InChI=1S/C13H22FN3O2S/c1-4-17(5-2)9-10(3)16-13-7-6-11(8-12(13)14)20(15,18)19/h6-8,10,16H,4-5,9H2,1-3H3,(H2,15,18,19). The van der Waals surface area contributed by atoms with Gasteiger partial charge in [-0.05, 0) is 38.2 Å². The number of hydrogen-bond acceptors (Lipinski definition) is 4. The van der Waals surface area contributed by atoms with E-state index in [0.717, 1.165) is 25.7 Å². The second kappa shape index (κ2) is 7.01. The minimum Gasteiger partial charge on any atom is -0.379 e. The Morgan fingerprint density at radius 1 is 1.35 bits per heavy atom. The first kappa shape index (κ1) is 16.9. The van der Waals surface area contributed by atoms with Gasteiger partial charge >= 0.3 is 0 Å².